The first-order valence-corrected chi connectivity index (χ1v) is 12.3. The fourth-order valence-corrected chi connectivity index (χ4v) is 4.48. The minimum absolute atomic E-state index is 0.175. The van der Waals surface area contributed by atoms with Gasteiger partial charge in [0.15, 0.2) is 5.82 Å². The van der Waals surface area contributed by atoms with Crippen molar-refractivity contribution in [2.75, 3.05) is 31.1 Å². The van der Waals surface area contributed by atoms with Crippen molar-refractivity contribution in [2.24, 2.45) is 0 Å². The summed E-state index contributed by atoms with van der Waals surface area (Å²) in [6.07, 6.45) is 1.46. The van der Waals surface area contributed by atoms with Gasteiger partial charge in [0.1, 0.15) is 0 Å². The molecule has 0 aliphatic carbocycles. The molecular weight excluding hydrogens is 432 g/mol. The Hall–Kier alpha value is -3.99. The topological polar surface area (TPSA) is 49.3 Å². The molecular formula is C30H30N4O. The molecule has 1 amide bonds. The van der Waals surface area contributed by atoms with E-state index in [4.69, 9.17) is 0 Å². The molecule has 1 aliphatic heterocycles. The molecule has 2 heterocycles. The zero-order valence-electron chi connectivity index (χ0n) is 20.1. The van der Waals surface area contributed by atoms with Crippen LogP contribution in [-0.2, 0) is 17.6 Å². The number of hydrogen-bond acceptors (Lipinski definition) is 4. The molecule has 1 aliphatic rings. The van der Waals surface area contributed by atoms with E-state index in [-0.39, 0.29) is 5.91 Å². The molecule has 1 aromatic heterocycles. The predicted octanol–water partition coefficient (Wildman–Crippen LogP) is 5.26. The average molecular weight is 463 g/mol. The largest absolute Gasteiger partial charge is 0.352 e. The fourth-order valence-electron chi connectivity index (χ4n) is 4.48. The third kappa shape index (κ3) is 5.40. The van der Waals surface area contributed by atoms with E-state index in [9.17, 15) is 4.79 Å². The summed E-state index contributed by atoms with van der Waals surface area (Å²) >= 11 is 0. The monoisotopic (exact) mass is 462 g/mol. The van der Waals surface area contributed by atoms with Crippen LogP contribution in [0, 0.1) is 0 Å². The van der Waals surface area contributed by atoms with Gasteiger partial charge in [-0.25, -0.2) is 0 Å². The molecule has 5 heteroatoms. The highest BCUT2D eigenvalue weighted by Crippen LogP contribution is 2.22. The third-order valence-electron chi connectivity index (χ3n) is 6.68. The normalized spacial score (nSPS) is 13.6. The van der Waals surface area contributed by atoms with Crippen LogP contribution in [0.15, 0.2) is 91.0 Å². The standard InChI is InChI=1S/C30H30N4O/c1-2-23-8-14-27(15-9-23)28-16-17-29(32-31-28)33-18-20-34(21-19-33)30(35)22-24-10-12-26(13-11-24)25-6-4-3-5-7-25/h3-17H,2,18-22H2,1H3. The minimum atomic E-state index is 0.175. The number of piperazine rings is 1. The van der Waals surface area contributed by atoms with Crippen LogP contribution >= 0.6 is 0 Å². The molecule has 3 aromatic carbocycles. The van der Waals surface area contributed by atoms with Crippen molar-refractivity contribution in [3.63, 3.8) is 0 Å². The van der Waals surface area contributed by atoms with Crippen molar-refractivity contribution < 1.29 is 4.79 Å². The highest BCUT2D eigenvalue weighted by Gasteiger charge is 2.22. The molecule has 4 aromatic rings. The molecule has 1 fully saturated rings. The van der Waals surface area contributed by atoms with E-state index in [0.29, 0.717) is 19.5 Å². The Balaban J connectivity index is 1.14. The highest BCUT2D eigenvalue weighted by atomic mass is 16.2. The number of carbonyl (C=O) groups is 1. The van der Waals surface area contributed by atoms with E-state index in [1.165, 1.54) is 16.7 Å². The molecule has 5 nitrogen and oxygen atoms in total. The molecule has 0 atom stereocenters. The molecule has 0 radical (unpaired) electrons. The number of nitrogens with zero attached hydrogens (tertiary/aromatic N) is 4. The highest BCUT2D eigenvalue weighted by molar-refractivity contribution is 5.79. The smallest absolute Gasteiger partial charge is 0.227 e. The lowest BCUT2D eigenvalue weighted by Crippen LogP contribution is -2.49. The van der Waals surface area contributed by atoms with Gasteiger partial charge in [-0.05, 0) is 40.8 Å². The van der Waals surface area contributed by atoms with E-state index in [2.05, 4.69) is 82.7 Å². The lowest BCUT2D eigenvalue weighted by atomic mass is 10.0. The van der Waals surface area contributed by atoms with E-state index >= 15 is 0 Å². The van der Waals surface area contributed by atoms with E-state index in [1.54, 1.807) is 0 Å². The second-order valence-corrected chi connectivity index (χ2v) is 8.93. The second-order valence-electron chi connectivity index (χ2n) is 8.93. The van der Waals surface area contributed by atoms with E-state index in [1.807, 2.05) is 35.2 Å². The van der Waals surface area contributed by atoms with Gasteiger partial charge in [-0.2, -0.15) is 0 Å². The molecule has 0 N–H and O–H groups in total. The van der Waals surface area contributed by atoms with Gasteiger partial charge in [-0.15, -0.1) is 10.2 Å². The van der Waals surface area contributed by atoms with Crippen LogP contribution in [0.4, 0.5) is 5.82 Å². The summed E-state index contributed by atoms with van der Waals surface area (Å²) in [7, 11) is 0. The molecule has 0 spiro atoms. The molecule has 35 heavy (non-hydrogen) atoms. The number of aryl methyl sites for hydroxylation is 1. The number of amides is 1. The van der Waals surface area contributed by atoms with Crippen LogP contribution in [0.25, 0.3) is 22.4 Å². The summed E-state index contributed by atoms with van der Waals surface area (Å²) < 4.78 is 0. The van der Waals surface area contributed by atoms with Crippen molar-refractivity contribution in [1.29, 1.82) is 0 Å². The summed E-state index contributed by atoms with van der Waals surface area (Å²) in [6, 6.07) is 31.1. The van der Waals surface area contributed by atoms with Crippen molar-refractivity contribution in [3.8, 4) is 22.4 Å². The third-order valence-corrected chi connectivity index (χ3v) is 6.68. The summed E-state index contributed by atoms with van der Waals surface area (Å²) in [5, 5.41) is 8.91. The number of carbonyl (C=O) groups excluding carboxylic acids is 1. The average Bonchev–Trinajstić information content (AvgIpc) is 2.94. The number of rotatable bonds is 6. The first kappa shape index (κ1) is 22.8. The molecule has 5 rings (SSSR count). The van der Waals surface area contributed by atoms with Gasteiger partial charge in [0.05, 0.1) is 12.1 Å². The van der Waals surface area contributed by atoms with Gasteiger partial charge >= 0.3 is 0 Å². The summed E-state index contributed by atoms with van der Waals surface area (Å²) in [6.45, 7) is 5.07. The Morgan fingerprint density at radius 1 is 0.686 bits per heavy atom. The Morgan fingerprint density at radius 2 is 1.31 bits per heavy atom. The van der Waals surface area contributed by atoms with Gasteiger partial charge in [-0.1, -0.05) is 85.8 Å². The van der Waals surface area contributed by atoms with Crippen molar-refractivity contribution in [2.45, 2.75) is 19.8 Å². The maximum Gasteiger partial charge on any atom is 0.227 e. The maximum absolute atomic E-state index is 12.9. The Labute approximate surface area is 207 Å². The lowest BCUT2D eigenvalue weighted by molar-refractivity contribution is -0.130. The Morgan fingerprint density at radius 3 is 1.94 bits per heavy atom. The van der Waals surface area contributed by atoms with Gasteiger partial charge in [0, 0.05) is 31.7 Å². The molecule has 0 saturated carbocycles. The molecule has 176 valence electrons. The minimum Gasteiger partial charge on any atom is -0.352 e. The Kier molecular flexibility index (Phi) is 6.85. The fraction of sp³-hybridized carbons (Fsp3) is 0.233. The zero-order chi connectivity index (χ0) is 24.0. The van der Waals surface area contributed by atoms with Gasteiger partial charge in [0.2, 0.25) is 5.91 Å². The summed E-state index contributed by atoms with van der Waals surface area (Å²) in [4.78, 5) is 17.1. The van der Waals surface area contributed by atoms with Crippen LogP contribution in [0.3, 0.4) is 0 Å². The Bertz CT molecular complexity index is 1240. The number of hydrogen-bond donors (Lipinski definition) is 0. The van der Waals surface area contributed by atoms with Crippen molar-refractivity contribution in [3.05, 3.63) is 102 Å². The van der Waals surface area contributed by atoms with Crippen LogP contribution in [-0.4, -0.2) is 47.2 Å². The zero-order valence-corrected chi connectivity index (χ0v) is 20.1. The maximum atomic E-state index is 12.9. The lowest BCUT2D eigenvalue weighted by Gasteiger charge is -2.35. The molecule has 0 bridgehead atoms. The predicted molar refractivity (Wildman–Crippen MR) is 141 cm³/mol. The number of benzene rings is 3. The molecule has 0 unspecified atom stereocenters. The van der Waals surface area contributed by atoms with Crippen LogP contribution < -0.4 is 4.90 Å². The summed E-state index contributed by atoms with van der Waals surface area (Å²) in [5.41, 5.74) is 6.67. The first-order chi connectivity index (χ1) is 17.2. The second kappa shape index (κ2) is 10.5. The van der Waals surface area contributed by atoms with Crippen molar-refractivity contribution >= 4 is 11.7 Å². The van der Waals surface area contributed by atoms with Crippen LogP contribution in [0.5, 0.6) is 0 Å². The SMILES string of the molecule is CCc1ccc(-c2ccc(N3CCN(C(=O)Cc4ccc(-c5ccccc5)cc4)CC3)nn2)cc1. The van der Waals surface area contributed by atoms with Gasteiger partial charge in [-0.3, -0.25) is 4.79 Å². The molecule has 1 saturated heterocycles. The summed E-state index contributed by atoms with van der Waals surface area (Å²) in [5.74, 6) is 1.04. The van der Waals surface area contributed by atoms with E-state index < -0.39 is 0 Å². The first-order valence-electron chi connectivity index (χ1n) is 12.3. The van der Waals surface area contributed by atoms with Gasteiger partial charge < -0.3 is 9.80 Å². The number of anilines is 1. The van der Waals surface area contributed by atoms with Crippen LogP contribution in [0.1, 0.15) is 18.1 Å². The van der Waals surface area contributed by atoms with Crippen molar-refractivity contribution in [1.82, 2.24) is 15.1 Å². The number of aromatic nitrogens is 2. The van der Waals surface area contributed by atoms with Gasteiger partial charge in [0.25, 0.3) is 0 Å². The quantitative estimate of drug-likeness (QED) is 0.392. The van der Waals surface area contributed by atoms with E-state index in [0.717, 1.165) is 42.1 Å². The van der Waals surface area contributed by atoms with Crippen LogP contribution in [0.2, 0.25) is 0 Å².